The van der Waals surface area contributed by atoms with Gasteiger partial charge in [0.05, 0.1) is 30.9 Å². The molecule has 26 heavy (non-hydrogen) atoms. The highest BCUT2D eigenvalue weighted by Gasteiger charge is 2.31. The number of benzene rings is 1. The van der Waals surface area contributed by atoms with Crippen LogP contribution in [0.2, 0.25) is 5.02 Å². The number of carbonyl (C=O) groups excluding carboxylic acids is 2. The van der Waals surface area contributed by atoms with Crippen LogP contribution in [0.1, 0.15) is 36.0 Å². The molecule has 0 radical (unpaired) electrons. The third kappa shape index (κ3) is 5.21. The molecule has 0 bridgehead atoms. The van der Waals surface area contributed by atoms with Gasteiger partial charge in [0.15, 0.2) is 0 Å². The maximum atomic E-state index is 12.8. The molecule has 1 fully saturated rings. The maximum absolute atomic E-state index is 12.8. The number of nitriles is 2. The van der Waals surface area contributed by atoms with Crippen LogP contribution in [0, 0.1) is 28.6 Å². The fourth-order valence-corrected chi connectivity index (χ4v) is 3.22. The van der Waals surface area contributed by atoms with Gasteiger partial charge in [0.2, 0.25) is 5.91 Å². The van der Waals surface area contributed by atoms with Crippen molar-refractivity contribution in [1.82, 2.24) is 9.80 Å². The van der Waals surface area contributed by atoms with E-state index in [4.69, 9.17) is 22.1 Å². The molecule has 1 aromatic rings. The molecular weight excluding hydrogens is 352 g/mol. The van der Waals surface area contributed by atoms with E-state index in [1.54, 1.807) is 34.1 Å². The van der Waals surface area contributed by atoms with Crippen LogP contribution in [-0.4, -0.2) is 47.8 Å². The fourth-order valence-electron chi connectivity index (χ4n) is 3.10. The summed E-state index contributed by atoms with van der Waals surface area (Å²) in [6.07, 6.45) is 1.92. The first-order valence-electron chi connectivity index (χ1n) is 8.64. The van der Waals surface area contributed by atoms with Gasteiger partial charge in [0.1, 0.15) is 0 Å². The first-order valence-corrected chi connectivity index (χ1v) is 9.02. The minimum atomic E-state index is -0.294. The summed E-state index contributed by atoms with van der Waals surface area (Å²) in [5.41, 5.74) is 0.549. The molecule has 1 saturated heterocycles. The molecule has 7 heteroatoms. The van der Waals surface area contributed by atoms with E-state index in [2.05, 4.69) is 0 Å². The second-order valence-corrected chi connectivity index (χ2v) is 6.68. The molecule has 1 unspecified atom stereocenters. The van der Waals surface area contributed by atoms with Crippen LogP contribution in [0.4, 0.5) is 0 Å². The van der Waals surface area contributed by atoms with Crippen molar-refractivity contribution in [2.75, 3.05) is 26.2 Å². The van der Waals surface area contributed by atoms with Crippen LogP contribution in [-0.2, 0) is 4.79 Å². The van der Waals surface area contributed by atoms with Gasteiger partial charge < -0.3 is 9.80 Å². The van der Waals surface area contributed by atoms with Gasteiger partial charge >= 0.3 is 0 Å². The average molecular weight is 373 g/mol. The fraction of sp³-hybridized carbons (Fsp3) is 0.474. The van der Waals surface area contributed by atoms with Gasteiger partial charge in [-0.15, -0.1) is 0 Å². The summed E-state index contributed by atoms with van der Waals surface area (Å²) in [4.78, 5) is 28.7. The Morgan fingerprint density at radius 2 is 1.77 bits per heavy atom. The highest BCUT2D eigenvalue weighted by Crippen LogP contribution is 2.21. The summed E-state index contributed by atoms with van der Waals surface area (Å²) in [6.45, 7) is 1.61. The minimum Gasteiger partial charge on any atom is -0.340 e. The first kappa shape index (κ1) is 19.8. The average Bonchev–Trinajstić information content (AvgIpc) is 2.68. The number of likely N-dealkylation sites (tertiary alicyclic amines) is 1. The third-order valence-electron chi connectivity index (χ3n) is 4.45. The largest absolute Gasteiger partial charge is 0.340 e. The van der Waals surface area contributed by atoms with Crippen LogP contribution in [0.15, 0.2) is 24.3 Å². The van der Waals surface area contributed by atoms with E-state index in [0.717, 1.165) is 6.42 Å². The van der Waals surface area contributed by atoms with E-state index in [9.17, 15) is 9.59 Å². The van der Waals surface area contributed by atoms with Crippen molar-refractivity contribution >= 4 is 23.4 Å². The van der Waals surface area contributed by atoms with E-state index in [0.29, 0.717) is 43.2 Å². The van der Waals surface area contributed by atoms with Gasteiger partial charge in [-0.3, -0.25) is 9.59 Å². The predicted octanol–water partition coefficient (Wildman–Crippen LogP) is 2.85. The lowest BCUT2D eigenvalue weighted by atomic mass is 9.95. The van der Waals surface area contributed by atoms with Crippen LogP contribution in [0.25, 0.3) is 0 Å². The quantitative estimate of drug-likeness (QED) is 0.768. The van der Waals surface area contributed by atoms with Gasteiger partial charge in [-0.05, 0) is 37.1 Å². The van der Waals surface area contributed by atoms with Gasteiger partial charge in [-0.1, -0.05) is 11.6 Å². The van der Waals surface area contributed by atoms with Crippen molar-refractivity contribution in [2.24, 2.45) is 5.92 Å². The number of piperidine rings is 1. The number of nitrogens with zero attached hydrogens (tertiary/aromatic N) is 4. The summed E-state index contributed by atoms with van der Waals surface area (Å²) in [5.74, 6) is -0.485. The Kier molecular flexibility index (Phi) is 7.44. The van der Waals surface area contributed by atoms with Crippen LogP contribution < -0.4 is 0 Å². The molecule has 1 aliphatic heterocycles. The molecule has 1 aliphatic rings. The van der Waals surface area contributed by atoms with Crippen LogP contribution >= 0.6 is 11.6 Å². The Balaban J connectivity index is 2.04. The molecule has 0 saturated carbocycles. The number of amides is 2. The Morgan fingerprint density at radius 3 is 2.35 bits per heavy atom. The molecule has 136 valence electrons. The zero-order chi connectivity index (χ0) is 18.9. The van der Waals surface area contributed by atoms with E-state index < -0.39 is 0 Å². The number of halogens is 1. The Bertz CT molecular complexity index is 703. The van der Waals surface area contributed by atoms with Gasteiger partial charge in [-0.25, -0.2) is 0 Å². The zero-order valence-corrected chi connectivity index (χ0v) is 15.3. The molecule has 0 aliphatic carbocycles. The van der Waals surface area contributed by atoms with E-state index in [1.165, 1.54) is 0 Å². The van der Waals surface area contributed by atoms with E-state index in [1.807, 2.05) is 12.1 Å². The maximum Gasteiger partial charge on any atom is 0.253 e. The predicted molar refractivity (Wildman–Crippen MR) is 97.1 cm³/mol. The number of hydrogen-bond donors (Lipinski definition) is 0. The van der Waals surface area contributed by atoms with E-state index >= 15 is 0 Å². The summed E-state index contributed by atoms with van der Waals surface area (Å²) < 4.78 is 0. The second-order valence-electron chi connectivity index (χ2n) is 6.24. The standard InChI is InChI=1S/C19H21ClN4O2/c20-17-7-5-15(6-8-17)18(25)24-11-1-4-16(14-24)19(26)23(12-2-9-21)13-3-10-22/h5-8,16H,1-4,11-14H2. The Hall–Kier alpha value is -2.57. The minimum absolute atomic E-state index is 0.0795. The summed E-state index contributed by atoms with van der Waals surface area (Å²) in [7, 11) is 0. The number of carbonyl (C=O) groups is 2. The van der Waals surface area contributed by atoms with Gasteiger partial charge in [0.25, 0.3) is 5.91 Å². The zero-order valence-electron chi connectivity index (χ0n) is 14.5. The van der Waals surface area contributed by atoms with Crippen molar-refractivity contribution in [2.45, 2.75) is 25.7 Å². The van der Waals surface area contributed by atoms with Crippen LogP contribution in [0.5, 0.6) is 0 Å². The summed E-state index contributed by atoms with van der Waals surface area (Å²) in [6, 6.07) is 10.8. The lowest BCUT2D eigenvalue weighted by molar-refractivity contribution is -0.136. The first-order chi connectivity index (χ1) is 12.6. The Labute approximate surface area is 158 Å². The molecule has 0 N–H and O–H groups in total. The van der Waals surface area contributed by atoms with Gasteiger partial charge in [-0.2, -0.15) is 10.5 Å². The normalized spacial score (nSPS) is 16.4. The molecule has 1 atom stereocenters. The SMILES string of the molecule is N#CCCN(CCC#N)C(=O)C1CCCN(C(=O)c2ccc(Cl)cc2)C1. The molecular formula is C19H21ClN4O2. The lowest BCUT2D eigenvalue weighted by Crippen LogP contribution is -2.47. The van der Waals surface area contributed by atoms with Crippen molar-refractivity contribution in [1.29, 1.82) is 10.5 Å². The molecule has 0 aromatic heterocycles. The number of rotatable bonds is 6. The van der Waals surface area contributed by atoms with Gasteiger partial charge in [0, 0.05) is 36.8 Å². The molecule has 1 aromatic carbocycles. The lowest BCUT2D eigenvalue weighted by Gasteiger charge is -2.34. The van der Waals surface area contributed by atoms with Crippen molar-refractivity contribution in [3.63, 3.8) is 0 Å². The monoisotopic (exact) mass is 372 g/mol. The number of hydrogen-bond acceptors (Lipinski definition) is 4. The van der Waals surface area contributed by atoms with Crippen LogP contribution in [0.3, 0.4) is 0 Å². The van der Waals surface area contributed by atoms with Crippen molar-refractivity contribution in [3.8, 4) is 12.1 Å². The molecule has 0 spiro atoms. The highest BCUT2D eigenvalue weighted by molar-refractivity contribution is 6.30. The highest BCUT2D eigenvalue weighted by atomic mass is 35.5. The smallest absolute Gasteiger partial charge is 0.253 e. The summed E-state index contributed by atoms with van der Waals surface area (Å²) >= 11 is 5.86. The van der Waals surface area contributed by atoms with Crippen molar-refractivity contribution in [3.05, 3.63) is 34.9 Å². The molecule has 2 rings (SSSR count). The second kappa shape index (κ2) is 9.79. The van der Waals surface area contributed by atoms with E-state index in [-0.39, 0.29) is 30.6 Å². The topological polar surface area (TPSA) is 88.2 Å². The summed E-state index contributed by atoms with van der Waals surface area (Å²) in [5, 5.41) is 18.1. The molecule has 6 nitrogen and oxygen atoms in total. The third-order valence-corrected chi connectivity index (χ3v) is 4.70. The molecule has 1 heterocycles. The van der Waals surface area contributed by atoms with Crippen molar-refractivity contribution < 1.29 is 9.59 Å². The Morgan fingerprint density at radius 1 is 1.15 bits per heavy atom. The molecule has 2 amide bonds.